The molecule has 4 nitrogen and oxygen atoms in total. The number of carboxylic acid groups (broad SMARTS) is 1. The second-order valence-electron chi connectivity index (χ2n) is 7.56. The first-order valence-electron chi connectivity index (χ1n) is 8.56. The van der Waals surface area contributed by atoms with E-state index in [-0.39, 0.29) is 12.3 Å². The van der Waals surface area contributed by atoms with Crippen molar-refractivity contribution in [3.05, 3.63) is 0 Å². The summed E-state index contributed by atoms with van der Waals surface area (Å²) in [7, 11) is 0. The van der Waals surface area contributed by atoms with Crippen LogP contribution in [-0.4, -0.2) is 34.0 Å². The number of hydrogen-bond donors (Lipinski definition) is 1. The molecule has 118 valence electrons. The average Bonchev–Trinajstić information content (AvgIpc) is 3.20. The first-order chi connectivity index (χ1) is 10.0. The smallest absolute Gasteiger partial charge is 0.310 e. The third-order valence-electron chi connectivity index (χ3n) is 5.86. The molecule has 0 aromatic carbocycles. The van der Waals surface area contributed by atoms with E-state index in [0.29, 0.717) is 24.9 Å². The predicted octanol–water partition coefficient (Wildman–Crippen LogP) is 3.20. The lowest BCUT2D eigenvalue weighted by molar-refractivity contribution is -0.160. The molecule has 3 aliphatic carbocycles. The molecule has 0 bridgehead atoms. The maximum absolute atomic E-state index is 12.8. The first kappa shape index (κ1) is 14.9. The van der Waals surface area contributed by atoms with Crippen LogP contribution in [0.4, 0.5) is 0 Å². The van der Waals surface area contributed by atoms with Crippen molar-refractivity contribution in [3.8, 4) is 0 Å². The molecule has 0 heterocycles. The van der Waals surface area contributed by atoms with Crippen molar-refractivity contribution in [1.29, 1.82) is 0 Å². The minimum Gasteiger partial charge on any atom is -0.481 e. The average molecular weight is 293 g/mol. The highest BCUT2D eigenvalue weighted by Gasteiger charge is 2.48. The molecule has 0 saturated heterocycles. The Hall–Kier alpha value is -1.06. The fourth-order valence-corrected chi connectivity index (χ4v) is 4.03. The molecule has 0 aliphatic heterocycles. The Morgan fingerprint density at radius 2 is 1.57 bits per heavy atom. The van der Waals surface area contributed by atoms with E-state index < -0.39 is 11.4 Å². The highest BCUT2D eigenvalue weighted by molar-refractivity contribution is 5.86. The van der Waals surface area contributed by atoms with Gasteiger partial charge in [0.15, 0.2) is 0 Å². The molecule has 21 heavy (non-hydrogen) atoms. The summed E-state index contributed by atoms with van der Waals surface area (Å²) in [5.74, 6) is 0.115. The molecule has 3 fully saturated rings. The van der Waals surface area contributed by atoms with Gasteiger partial charge in [-0.25, -0.2) is 0 Å². The van der Waals surface area contributed by atoms with Crippen LogP contribution in [-0.2, 0) is 9.59 Å². The first-order valence-corrected chi connectivity index (χ1v) is 8.56. The zero-order chi connectivity index (χ0) is 15.0. The van der Waals surface area contributed by atoms with E-state index in [1.54, 1.807) is 0 Å². The standard InChI is InChI=1S/C17H27NO3/c1-12-3-5-13(6-4-12)18(14-7-8-14)15(19)11-17(16(20)21)9-2-10-17/h12-14H,2-11H2,1H3,(H,20,21). The number of carbonyl (C=O) groups is 2. The fourth-order valence-electron chi connectivity index (χ4n) is 4.03. The van der Waals surface area contributed by atoms with E-state index in [1.807, 2.05) is 0 Å². The van der Waals surface area contributed by atoms with Crippen LogP contribution >= 0.6 is 0 Å². The number of carboxylic acids is 1. The van der Waals surface area contributed by atoms with Gasteiger partial charge in [0.25, 0.3) is 0 Å². The molecular formula is C17H27NO3. The molecule has 0 aromatic heterocycles. The highest BCUT2D eigenvalue weighted by Crippen LogP contribution is 2.46. The molecule has 3 aliphatic rings. The zero-order valence-corrected chi connectivity index (χ0v) is 13.0. The summed E-state index contributed by atoms with van der Waals surface area (Å²) in [6.45, 7) is 2.29. The fraction of sp³-hybridized carbons (Fsp3) is 0.882. The molecule has 0 aromatic rings. The number of aliphatic carboxylic acids is 1. The molecule has 4 heteroatoms. The summed E-state index contributed by atoms with van der Waals surface area (Å²) in [5, 5.41) is 9.44. The van der Waals surface area contributed by atoms with Gasteiger partial charge < -0.3 is 10.0 Å². The molecule has 0 spiro atoms. The van der Waals surface area contributed by atoms with Gasteiger partial charge in [-0.1, -0.05) is 13.3 Å². The van der Waals surface area contributed by atoms with Gasteiger partial charge in [0.05, 0.1) is 5.41 Å². The van der Waals surface area contributed by atoms with Gasteiger partial charge in [-0.2, -0.15) is 0 Å². The van der Waals surface area contributed by atoms with Crippen molar-refractivity contribution in [2.45, 2.75) is 83.2 Å². The molecule has 1 N–H and O–H groups in total. The van der Waals surface area contributed by atoms with Crippen molar-refractivity contribution in [2.24, 2.45) is 11.3 Å². The normalized spacial score (nSPS) is 31.3. The molecule has 1 amide bonds. The lowest BCUT2D eigenvalue weighted by Gasteiger charge is -2.41. The lowest BCUT2D eigenvalue weighted by Crippen LogP contribution is -2.48. The van der Waals surface area contributed by atoms with Crippen LogP contribution in [0, 0.1) is 11.3 Å². The second-order valence-corrected chi connectivity index (χ2v) is 7.56. The van der Waals surface area contributed by atoms with Gasteiger partial charge >= 0.3 is 5.97 Å². The van der Waals surface area contributed by atoms with Crippen molar-refractivity contribution < 1.29 is 14.7 Å². The summed E-state index contributed by atoms with van der Waals surface area (Å²) in [6, 6.07) is 0.772. The number of rotatable bonds is 5. The lowest BCUT2D eigenvalue weighted by atomic mass is 9.66. The Morgan fingerprint density at radius 1 is 1.05 bits per heavy atom. The van der Waals surface area contributed by atoms with E-state index in [0.717, 1.165) is 38.0 Å². The van der Waals surface area contributed by atoms with Crippen molar-refractivity contribution in [2.75, 3.05) is 0 Å². The Kier molecular flexibility index (Phi) is 3.98. The number of amides is 1. The maximum Gasteiger partial charge on any atom is 0.310 e. The summed E-state index contributed by atoms with van der Waals surface area (Å²) >= 11 is 0. The largest absolute Gasteiger partial charge is 0.481 e. The monoisotopic (exact) mass is 293 g/mol. The molecule has 0 atom stereocenters. The molecule has 3 rings (SSSR count). The molecular weight excluding hydrogens is 266 g/mol. The number of hydrogen-bond acceptors (Lipinski definition) is 2. The third-order valence-corrected chi connectivity index (χ3v) is 5.86. The minimum atomic E-state index is -0.768. The van der Waals surface area contributed by atoms with Crippen LogP contribution in [0.15, 0.2) is 0 Å². The van der Waals surface area contributed by atoms with E-state index in [9.17, 15) is 14.7 Å². The summed E-state index contributed by atoms with van der Waals surface area (Å²) < 4.78 is 0. The van der Waals surface area contributed by atoms with Crippen LogP contribution < -0.4 is 0 Å². The summed E-state index contributed by atoms with van der Waals surface area (Å²) in [5.41, 5.74) is -0.744. The van der Waals surface area contributed by atoms with Crippen molar-refractivity contribution in [1.82, 2.24) is 4.90 Å². The van der Waals surface area contributed by atoms with Crippen LogP contribution in [0.2, 0.25) is 0 Å². The van der Waals surface area contributed by atoms with Crippen LogP contribution in [0.25, 0.3) is 0 Å². The van der Waals surface area contributed by atoms with Gasteiger partial charge in [-0.3, -0.25) is 9.59 Å². The van der Waals surface area contributed by atoms with Crippen molar-refractivity contribution >= 4 is 11.9 Å². The molecule has 0 unspecified atom stereocenters. The molecule has 0 radical (unpaired) electrons. The highest BCUT2D eigenvalue weighted by atomic mass is 16.4. The van der Waals surface area contributed by atoms with Gasteiger partial charge in [-0.05, 0) is 57.3 Å². The Balaban J connectivity index is 1.66. The minimum absolute atomic E-state index is 0.110. The van der Waals surface area contributed by atoms with Crippen LogP contribution in [0.5, 0.6) is 0 Å². The van der Waals surface area contributed by atoms with Crippen LogP contribution in [0.3, 0.4) is 0 Å². The van der Waals surface area contributed by atoms with E-state index in [2.05, 4.69) is 11.8 Å². The van der Waals surface area contributed by atoms with Crippen molar-refractivity contribution in [3.63, 3.8) is 0 Å². The Bertz CT molecular complexity index is 418. The summed E-state index contributed by atoms with van der Waals surface area (Å²) in [4.78, 5) is 26.4. The zero-order valence-electron chi connectivity index (χ0n) is 13.0. The summed E-state index contributed by atoms with van der Waals surface area (Å²) in [6.07, 6.45) is 9.34. The van der Waals surface area contributed by atoms with Gasteiger partial charge in [0.2, 0.25) is 5.91 Å². The Labute approximate surface area is 126 Å². The SMILES string of the molecule is CC1CCC(N(C(=O)CC2(C(=O)O)CCC2)C2CC2)CC1. The van der Waals surface area contributed by atoms with E-state index in [1.165, 1.54) is 12.8 Å². The topological polar surface area (TPSA) is 57.6 Å². The second kappa shape index (κ2) is 5.62. The third kappa shape index (κ3) is 2.95. The quantitative estimate of drug-likeness (QED) is 0.847. The van der Waals surface area contributed by atoms with Gasteiger partial charge in [0, 0.05) is 18.5 Å². The van der Waals surface area contributed by atoms with Gasteiger partial charge in [-0.15, -0.1) is 0 Å². The predicted molar refractivity (Wildman–Crippen MR) is 79.8 cm³/mol. The maximum atomic E-state index is 12.8. The number of nitrogens with zero attached hydrogens (tertiary/aromatic N) is 1. The van der Waals surface area contributed by atoms with Gasteiger partial charge in [0.1, 0.15) is 0 Å². The Morgan fingerprint density at radius 3 is 1.95 bits per heavy atom. The number of carbonyl (C=O) groups excluding carboxylic acids is 1. The van der Waals surface area contributed by atoms with Crippen LogP contribution in [0.1, 0.15) is 71.1 Å². The van der Waals surface area contributed by atoms with E-state index >= 15 is 0 Å². The molecule has 3 saturated carbocycles. The van der Waals surface area contributed by atoms with E-state index in [4.69, 9.17) is 0 Å².